The van der Waals surface area contributed by atoms with Crippen LogP contribution in [0.4, 0.5) is 0 Å². The summed E-state index contributed by atoms with van der Waals surface area (Å²) in [6.45, 7) is 3.20. The summed E-state index contributed by atoms with van der Waals surface area (Å²) in [5, 5.41) is 9.27. The minimum absolute atomic E-state index is 0.0117. The molecule has 7 nitrogen and oxygen atoms in total. The quantitative estimate of drug-likeness (QED) is 0.544. The molecule has 0 aliphatic rings. The van der Waals surface area contributed by atoms with Gasteiger partial charge in [-0.15, -0.1) is 5.10 Å². The molecule has 2 aromatic carbocycles. The number of methoxy groups -OCH3 is 1. The molecule has 0 radical (unpaired) electrons. The fourth-order valence-electron chi connectivity index (χ4n) is 3.02. The second-order valence-electron chi connectivity index (χ2n) is 6.90. The fourth-order valence-corrected chi connectivity index (χ4v) is 3.94. The molecule has 0 spiro atoms. The van der Waals surface area contributed by atoms with E-state index in [0.717, 1.165) is 34.9 Å². The topological polar surface area (TPSA) is 80.2 Å². The number of hydrogen-bond acceptors (Lipinski definition) is 5. The lowest BCUT2D eigenvalue weighted by Crippen LogP contribution is -2.28. The van der Waals surface area contributed by atoms with Crippen LogP contribution in [-0.4, -0.2) is 45.5 Å². The highest BCUT2D eigenvalue weighted by molar-refractivity contribution is 7.99. The first kappa shape index (κ1) is 21.0. The maximum absolute atomic E-state index is 12.6. The molecular weight excluding hydrogens is 388 g/mol. The van der Waals surface area contributed by atoms with Crippen LogP contribution in [0, 0.1) is 0 Å². The number of H-pyrrole nitrogens is 1. The van der Waals surface area contributed by atoms with E-state index >= 15 is 0 Å². The summed E-state index contributed by atoms with van der Waals surface area (Å²) >= 11 is 1.29. The monoisotopic (exact) mass is 414 g/mol. The Bertz CT molecular complexity index is 1040. The summed E-state index contributed by atoms with van der Waals surface area (Å²) in [5.74, 6) is 1.05. The van der Waals surface area contributed by atoms with Crippen molar-refractivity contribution in [3.8, 4) is 5.75 Å². The van der Waals surface area contributed by atoms with Crippen LogP contribution in [0.2, 0.25) is 0 Å². The zero-order valence-electron chi connectivity index (χ0n) is 17.0. The number of rotatable bonds is 9. The maximum atomic E-state index is 12.6. The molecule has 0 atom stereocenters. The number of ether oxygens (including phenoxy) is 1. The van der Waals surface area contributed by atoms with Crippen LogP contribution in [0.3, 0.4) is 0 Å². The highest BCUT2D eigenvalue weighted by Crippen LogP contribution is 2.22. The van der Waals surface area contributed by atoms with E-state index in [0.29, 0.717) is 18.2 Å². The van der Waals surface area contributed by atoms with E-state index in [1.807, 2.05) is 30.3 Å². The first-order valence-corrected chi connectivity index (χ1v) is 10.6. The molecule has 0 fully saturated rings. The SMILES string of the molecule is CCCCn1c(SCC(=O)N(C)Cc2ccc3cc(OC)ccc3c2)n[nH]c1=O. The third kappa shape index (κ3) is 5.20. The van der Waals surface area contributed by atoms with E-state index in [-0.39, 0.29) is 17.3 Å². The number of carbonyl (C=O) groups excluding carboxylic acids is 1. The van der Waals surface area contributed by atoms with Crippen LogP contribution in [0.1, 0.15) is 25.3 Å². The number of nitrogens with one attached hydrogen (secondary N) is 1. The van der Waals surface area contributed by atoms with Crippen molar-refractivity contribution in [2.75, 3.05) is 19.9 Å². The van der Waals surface area contributed by atoms with Gasteiger partial charge in [0.05, 0.1) is 12.9 Å². The number of unbranched alkanes of at least 4 members (excludes halogenated alkanes) is 1. The lowest BCUT2D eigenvalue weighted by atomic mass is 10.1. The van der Waals surface area contributed by atoms with Crippen molar-refractivity contribution in [2.45, 2.75) is 38.0 Å². The van der Waals surface area contributed by atoms with Crippen molar-refractivity contribution in [1.82, 2.24) is 19.7 Å². The average Bonchev–Trinajstić information content (AvgIpc) is 3.09. The molecule has 0 saturated carbocycles. The van der Waals surface area contributed by atoms with Gasteiger partial charge in [-0.3, -0.25) is 9.36 Å². The molecule has 154 valence electrons. The van der Waals surface area contributed by atoms with Crippen LogP contribution in [0.15, 0.2) is 46.3 Å². The van der Waals surface area contributed by atoms with Crippen LogP contribution >= 0.6 is 11.8 Å². The van der Waals surface area contributed by atoms with Gasteiger partial charge in [-0.1, -0.05) is 43.3 Å². The van der Waals surface area contributed by atoms with Gasteiger partial charge in [0, 0.05) is 20.1 Å². The minimum atomic E-state index is -0.227. The van der Waals surface area contributed by atoms with Gasteiger partial charge >= 0.3 is 5.69 Å². The number of fused-ring (bicyclic) bond motifs is 1. The Labute approximate surface area is 174 Å². The van der Waals surface area contributed by atoms with E-state index in [4.69, 9.17) is 4.74 Å². The predicted octanol–water partition coefficient (Wildman–Crippen LogP) is 3.28. The van der Waals surface area contributed by atoms with E-state index in [9.17, 15) is 9.59 Å². The molecule has 29 heavy (non-hydrogen) atoms. The lowest BCUT2D eigenvalue weighted by Gasteiger charge is -2.17. The molecular formula is C21H26N4O3S. The second-order valence-corrected chi connectivity index (χ2v) is 7.84. The first-order chi connectivity index (χ1) is 14.0. The summed E-state index contributed by atoms with van der Waals surface area (Å²) in [6, 6.07) is 12.1. The third-order valence-corrected chi connectivity index (χ3v) is 5.70. The van der Waals surface area contributed by atoms with E-state index in [1.54, 1.807) is 23.6 Å². The van der Waals surface area contributed by atoms with E-state index in [2.05, 4.69) is 23.2 Å². The Balaban J connectivity index is 1.61. The predicted molar refractivity (Wildman–Crippen MR) is 115 cm³/mol. The average molecular weight is 415 g/mol. The number of benzene rings is 2. The summed E-state index contributed by atoms with van der Waals surface area (Å²) in [4.78, 5) is 26.1. The summed E-state index contributed by atoms with van der Waals surface area (Å²) in [6.07, 6.45) is 1.89. The van der Waals surface area contributed by atoms with E-state index < -0.39 is 0 Å². The van der Waals surface area contributed by atoms with Crippen molar-refractivity contribution in [1.29, 1.82) is 0 Å². The molecule has 0 unspecified atom stereocenters. The molecule has 8 heteroatoms. The standard InChI is InChI=1S/C21H26N4O3S/c1-4-5-10-25-20(27)22-23-21(25)29-14-19(26)24(2)13-15-6-7-17-12-18(28-3)9-8-16(17)11-15/h6-9,11-12H,4-5,10,13-14H2,1-3H3,(H,22,27). The van der Waals surface area contributed by atoms with Gasteiger partial charge < -0.3 is 9.64 Å². The second kappa shape index (κ2) is 9.65. The summed E-state index contributed by atoms with van der Waals surface area (Å²) in [7, 11) is 3.44. The number of thioether (sulfide) groups is 1. The van der Waals surface area contributed by atoms with Gasteiger partial charge in [0.25, 0.3) is 0 Å². The van der Waals surface area contributed by atoms with Crippen molar-refractivity contribution < 1.29 is 9.53 Å². The Hall–Kier alpha value is -2.74. The van der Waals surface area contributed by atoms with Gasteiger partial charge in [0.1, 0.15) is 5.75 Å². The number of aromatic nitrogens is 3. The van der Waals surface area contributed by atoms with Gasteiger partial charge in [-0.2, -0.15) is 0 Å². The van der Waals surface area contributed by atoms with Gasteiger partial charge in [0.15, 0.2) is 5.16 Å². The molecule has 0 aliphatic heterocycles. The van der Waals surface area contributed by atoms with Crippen molar-refractivity contribution in [3.05, 3.63) is 52.4 Å². The summed E-state index contributed by atoms with van der Waals surface area (Å²) < 4.78 is 6.86. The Morgan fingerprint density at radius 2 is 2.00 bits per heavy atom. The molecule has 0 saturated heterocycles. The van der Waals surface area contributed by atoms with Crippen molar-refractivity contribution >= 4 is 28.4 Å². The molecule has 3 aromatic rings. The normalized spacial score (nSPS) is 11.0. The summed E-state index contributed by atoms with van der Waals surface area (Å²) in [5.41, 5.74) is 0.831. The molecule has 1 N–H and O–H groups in total. The van der Waals surface area contributed by atoms with Gasteiger partial charge in [0.2, 0.25) is 5.91 Å². The Morgan fingerprint density at radius 3 is 2.76 bits per heavy atom. The number of nitrogens with zero attached hydrogens (tertiary/aromatic N) is 3. The molecule has 0 aliphatic carbocycles. The fraction of sp³-hybridized carbons (Fsp3) is 0.381. The van der Waals surface area contributed by atoms with Crippen LogP contribution < -0.4 is 10.4 Å². The highest BCUT2D eigenvalue weighted by atomic mass is 32.2. The number of carbonyl (C=O) groups is 1. The number of aromatic amines is 1. The minimum Gasteiger partial charge on any atom is -0.497 e. The van der Waals surface area contributed by atoms with E-state index in [1.165, 1.54) is 11.8 Å². The Morgan fingerprint density at radius 1 is 1.24 bits per heavy atom. The molecule has 0 bridgehead atoms. The van der Waals surface area contributed by atoms with Crippen molar-refractivity contribution in [3.63, 3.8) is 0 Å². The molecule has 3 rings (SSSR count). The highest BCUT2D eigenvalue weighted by Gasteiger charge is 2.14. The molecule has 1 heterocycles. The van der Waals surface area contributed by atoms with Crippen LogP contribution in [0.5, 0.6) is 5.75 Å². The lowest BCUT2D eigenvalue weighted by molar-refractivity contribution is -0.127. The first-order valence-electron chi connectivity index (χ1n) is 9.60. The Kier molecular flexibility index (Phi) is 6.98. The largest absolute Gasteiger partial charge is 0.497 e. The van der Waals surface area contributed by atoms with Gasteiger partial charge in [-0.25, -0.2) is 9.89 Å². The van der Waals surface area contributed by atoms with Crippen LogP contribution in [0.25, 0.3) is 10.8 Å². The molecule has 1 aromatic heterocycles. The number of amides is 1. The zero-order chi connectivity index (χ0) is 20.8. The van der Waals surface area contributed by atoms with Crippen molar-refractivity contribution in [2.24, 2.45) is 0 Å². The zero-order valence-corrected chi connectivity index (χ0v) is 17.8. The van der Waals surface area contributed by atoms with Gasteiger partial charge in [-0.05, 0) is 41.0 Å². The number of hydrogen-bond donors (Lipinski definition) is 1. The smallest absolute Gasteiger partial charge is 0.343 e. The third-order valence-electron chi connectivity index (χ3n) is 4.74. The molecule has 1 amide bonds. The van der Waals surface area contributed by atoms with Crippen LogP contribution in [-0.2, 0) is 17.9 Å². The maximum Gasteiger partial charge on any atom is 0.343 e.